The minimum absolute atomic E-state index is 0.00451. The number of carboxylic acids is 1. The Morgan fingerprint density at radius 3 is 2.42 bits per heavy atom. The Kier molecular flexibility index (Phi) is 4.53. The number of amides is 1. The molecule has 0 aliphatic carbocycles. The Bertz CT molecular complexity index is 527. The number of rotatable bonds is 3. The molecule has 1 amide bonds. The fraction of sp³-hybridized carbons (Fsp3) is 0.333. The summed E-state index contributed by atoms with van der Waals surface area (Å²) in [6.45, 7) is 0.548. The van der Waals surface area contributed by atoms with Crippen LogP contribution in [0.2, 0.25) is 0 Å². The van der Waals surface area contributed by atoms with Gasteiger partial charge in [-0.3, -0.25) is 4.79 Å². The molecule has 1 aliphatic heterocycles. The fourth-order valence-electron chi connectivity index (χ4n) is 2.05. The third kappa shape index (κ3) is 2.95. The van der Waals surface area contributed by atoms with Crippen molar-refractivity contribution >= 4 is 61.0 Å². The van der Waals surface area contributed by atoms with E-state index in [4.69, 9.17) is 16.7 Å². The SMILES string of the molecule is O=C(O)c1cc(Br)c(N2CC(CCl)CC2=O)c(Br)c1. The summed E-state index contributed by atoms with van der Waals surface area (Å²) in [5, 5.41) is 8.98. The summed E-state index contributed by atoms with van der Waals surface area (Å²) in [6.07, 6.45) is 0.420. The molecule has 102 valence electrons. The second-order valence-corrected chi connectivity index (χ2v) is 6.34. The van der Waals surface area contributed by atoms with Gasteiger partial charge in [0.1, 0.15) is 0 Å². The molecule has 1 aliphatic rings. The van der Waals surface area contributed by atoms with E-state index in [1.165, 1.54) is 12.1 Å². The zero-order valence-corrected chi connectivity index (χ0v) is 13.6. The lowest BCUT2D eigenvalue weighted by molar-refractivity contribution is -0.117. The third-order valence-electron chi connectivity index (χ3n) is 2.96. The van der Waals surface area contributed by atoms with Gasteiger partial charge in [0.25, 0.3) is 0 Å². The van der Waals surface area contributed by atoms with Crippen LogP contribution in [0.4, 0.5) is 5.69 Å². The summed E-state index contributed by atoms with van der Waals surface area (Å²) >= 11 is 12.4. The number of carbonyl (C=O) groups is 2. The number of alkyl halides is 1. The minimum Gasteiger partial charge on any atom is -0.478 e. The number of anilines is 1. The highest BCUT2D eigenvalue weighted by Crippen LogP contribution is 2.38. The molecule has 7 heteroatoms. The quantitative estimate of drug-likeness (QED) is 0.775. The van der Waals surface area contributed by atoms with Crippen LogP contribution in [0.3, 0.4) is 0 Å². The lowest BCUT2D eigenvalue weighted by Gasteiger charge is -2.20. The monoisotopic (exact) mass is 409 g/mol. The van der Waals surface area contributed by atoms with Crippen molar-refractivity contribution < 1.29 is 14.7 Å². The van der Waals surface area contributed by atoms with Crippen molar-refractivity contribution in [1.82, 2.24) is 0 Å². The van der Waals surface area contributed by atoms with E-state index in [1.807, 2.05) is 0 Å². The summed E-state index contributed by atoms with van der Waals surface area (Å²) in [4.78, 5) is 24.6. The van der Waals surface area contributed by atoms with Gasteiger partial charge in [0.15, 0.2) is 0 Å². The van der Waals surface area contributed by atoms with Gasteiger partial charge in [-0.15, -0.1) is 11.6 Å². The number of halogens is 3. The van der Waals surface area contributed by atoms with E-state index in [2.05, 4.69) is 31.9 Å². The first-order valence-corrected chi connectivity index (χ1v) is 7.64. The smallest absolute Gasteiger partial charge is 0.335 e. The lowest BCUT2D eigenvalue weighted by Crippen LogP contribution is -2.25. The van der Waals surface area contributed by atoms with E-state index in [9.17, 15) is 9.59 Å². The van der Waals surface area contributed by atoms with Crippen molar-refractivity contribution in [3.63, 3.8) is 0 Å². The van der Waals surface area contributed by atoms with Gasteiger partial charge in [0.05, 0.1) is 11.3 Å². The average Bonchev–Trinajstić information content (AvgIpc) is 2.70. The maximum atomic E-state index is 12.0. The Balaban J connectivity index is 2.41. The van der Waals surface area contributed by atoms with E-state index in [1.54, 1.807) is 4.90 Å². The van der Waals surface area contributed by atoms with Gasteiger partial charge in [-0.2, -0.15) is 0 Å². The molecule has 1 atom stereocenters. The lowest BCUT2D eigenvalue weighted by atomic mass is 10.1. The standard InChI is InChI=1S/C12H10Br2ClNO3/c13-8-2-7(12(18)19)3-9(14)11(8)16-5-6(4-15)1-10(16)17/h2-3,6H,1,4-5H2,(H,18,19). The second-order valence-electron chi connectivity index (χ2n) is 4.32. The van der Waals surface area contributed by atoms with Crippen molar-refractivity contribution in [1.29, 1.82) is 0 Å². The highest BCUT2D eigenvalue weighted by molar-refractivity contribution is 9.11. The fourth-order valence-corrected chi connectivity index (χ4v) is 3.87. The molecular weight excluding hydrogens is 401 g/mol. The maximum Gasteiger partial charge on any atom is 0.335 e. The van der Waals surface area contributed by atoms with E-state index < -0.39 is 5.97 Å². The van der Waals surface area contributed by atoms with Crippen molar-refractivity contribution in [3.05, 3.63) is 26.6 Å². The molecule has 1 saturated heterocycles. The topological polar surface area (TPSA) is 57.6 Å². The zero-order chi connectivity index (χ0) is 14.2. The molecule has 1 fully saturated rings. The number of hydrogen-bond acceptors (Lipinski definition) is 2. The summed E-state index contributed by atoms with van der Waals surface area (Å²) in [7, 11) is 0. The third-order valence-corrected chi connectivity index (χ3v) is 4.60. The van der Waals surface area contributed by atoms with E-state index in [0.717, 1.165) is 0 Å². The maximum absolute atomic E-state index is 12.0. The summed E-state index contributed by atoms with van der Waals surface area (Å²) in [6, 6.07) is 2.98. The molecule has 2 rings (SSSR count). The van der Waals surface area contributed by atoms with Gasteiger partial charge >= 0.3 is 5.97 Å². The average molecular weight is 411 g/mol. The molecule has 1 aromatic carbocycles. The molecule has 1 unspecified atom stereocenters. The summed E-state index contributed by atoms with van der Waals surface area (Å²) < 4.78 is 1.14. The van der Waals surface area contributed by atoms with Crippen LogP contribution in [0, 0.1) is 5.92 Å². The molecular formula is C12H10Br2ClNO3. The number of carbonyl (C=O) groups excluding carboxylic acids is 1. The Morgan fingerprint density at radius 2 is 2.00 bits per heavy atom. The predicted molar refractivity (Wildman–Crippen MR) is 80.0 cm³/mol. The van der Waals surface area contributed by atoms with Gasteiger partial charge in [0, 0.05) is 27.8 Å². The second kappa shape index (κ2) is 5.81. The van der Waals surface area contributed by atoms with Crippen molar-refractivity contribution in [3.8, 4) is 0 Å². The summed E-state index contributed by atoms with van der Waals surface area (Å²) in [5.41, 5.74) is 0.811. The van der Waals surface area contributed by atoms with Crippen molar-refractivity contribution in [2.75, 3.05) is 17.3 Å². The molecule has 0 saturated carbocycles. The number of nitrogens with zero attached hydrogens (tertiary/aromatic N) is 1. The van der Waals surface area contributed by atoms with Crippen LogP contribution in [-0.4, -0.2) is 29.4 Å². The molecule has 0 bridgehead atoms. The Morgan fingerprint density at radius 1 is 1.42 bits per heavy atom. The van der Waals surface area contributed by atoms with Crippen LogP contribution in [0.5, 0.6) is 0 Å². The van der Waals surface area contributed by atoms with Crippen LogP contribution in [0.25, 0.3) is 0 Å². The van der Waals surface area contributed by atoms with Gasteiger partial charge in [-0.1, -0.05) is 0 Å². The number of aromatic carboxylic acids is 1. The number of carboxylic acid groups (broad SMARTS) is 1. The van der Waals surface area contributed by atoms with Gasteiger partial charge in [0.2, 0.25) is 5.91 Å². The van der Waals surface area contributed by atoms with E-state index >= 15 is 0 Å². The molecule has 0 spiro atoms. The zero-order valence-electron chi connectivity index (χ0n) is 9.70. The van der Waals surface area contributed by atoms with Gasteiger partial charge in [-0.25, -0.2) is 4.79 Å². The molecule has 0 radical (unpaired) electrons. The number of hydrogen-bond donors (Lipinski definition) is 1. The first kappa shape index (κ1) is 14.8. The van der Waals surface area contributed by atoms with Crippen LogP contribution >= 0.6 is 43.5 Å². The minimum atomic E-state index is -1.01. The van der Waals surface area contributed by atoms with Crippen molar-refractivity contribution in [2.24, 2.45) is 5.92 Å². The molecule has 1 aromatic rings. The van der Waals surface area contributed by atoms with Gasteiger partial charge in [-0.05, 0) is 49.9 Å². The van der Waals surface area contributed by atoms with Crippen LogP contribution in [0.1, 0.15) is 16.8 Å². The van der Waals surface area contributed by atoms with Crippen LogP contribution in [-0.2, 0) is 4.79 Å². The Labute approximate surface area is 132 Å². The number of benzene rings is 1. The van der Waals surface area contributed by atoms with Crippen LogP contribution in [0.15, 0.2) is 21.1 Å². The first-order valence-electron chi connectivity index (χ1n) is 5.52. The molecule has 0 aromatic heterocycles. The first-order chi connectivity index (χ1) is 8.93. The normalized spacial score (nSPS) is 19.0. The predicted octanol–water partition coefficient (Wildman–Crippen LogP) is 3.50. The molecule has 1 N–H and O–H groups in total. The summed E-state index contributed by atoms with van der Waals surface area (Å²) in [5.74, 6) is -0.452. The highest BCUT2D eigenvalue weighted by atomic mass is 79.9. The van der Waals surface area contributed by atoms with Crippen molar-refractivity contribution in [2.45, 2.75) is 6.42 Å². The van der Waals surface area contributed by atoms with Gasteiger partial charge < -0.3 is 10.0 Å². The molecule has 1 heterocycles. The Hall–Kier alpha value is -0.590. The van der Waals surface area contributed by atoms with E-state index in [-0.39, 0.29) is 17.4 Å². The molecule has 19 heavy (non-hydrogen) atoms. The molecule has 4 nitrogen and oxygen atoms in total. The van der Waals surface area contributed by atoms with Crippen LogP contribution < -0.4 is 4.90 Å². The largest absolute Gasteiger partial charge is 0.478 e. The van der Waals surface area contributed by atoms with E-state index in [0.29, 0.717) is 33.5 Å². The highest BCUT2D eigenvalue weighted by Gasteiger charge is 2.32.